The van der Waals surface area contributed by atoms with E-state index < -0.39 is 12.0 Å². The average Bonchev–Trinajstić information content (AvgIpc) is 3.21. The second kappa shape index (κ2) is 6.69. The lowest BCUT2D eigenvalue weighted by atomic mass is 9.91. The molecule has 1 atom stereocenters. The van der Waals surface area contributed by atoms with Gasteiger partial charge in [-0.25, -0.2) is 4.79 Å². The van der Waals surface area contributed by atoms with E-state index in [-0.39, 0.29) is 6.79 Å². The van der Waals surface area contributed by atoms with Gasteiger partial charge in [0, 0.05) is 17.9 Å². The molecule has 1 unspecified atom stereocenters. The summed E-state index contributed by atoms with van der Waals surface area (Å²) in [5, 5.41) is 11.5. The van der Waals surface area contributed by atoms with Crippen molar-refractivity contribution in [2.75, 3.05) is 28.1 Å². The maximum absolute atomic E-state index is 12.1. The highest BCUT2D eigenvalue weighted by atomic mass is 16.7. The fraction of sp³-hybridized carbons (Fsp3) is 0.273. The van der Waals surface area contributed by atoms with Gasteiger partial charge in [0.1, 0.15) is 0 Å². The first-order chi connectivity index (χ1) is 14.5. The summed E-state index contributed by atoms with van der Waals surface area (Å²) < 4.78 is 29.4. The third-order valence-corrected chi connectivity index (χ3v) is 5.65. The van der Waals surface area contributed by atoms with E-state index in [9.17, 15) is 9.90 Å². The van der Waals surface area contributed by atoms with Crippen molar-refractivity contribution in [3.8, 4) is 40.0 Å². The highest BCUT2D eigenvalue weighted by molar-refractivity contribution is 5.94. The van der Waals surface area contributed by atoms with E-state index in [2.05, 4.69) is 0 Å². The molecule has 154 valence electrons. The number of nitrogens with zero attached hydrogens (tertiary/aromatic N) is 1. The first-order valence-corrected chi connectivity index (χ1v) is 9.39. The summed E-state index contributed by atoms with van der Waals surface area (Å²) in [5.41, 5.74) is 2.54. The number of hydrogen-bond acceptors (Lipinski definition) is 6. The van der Waals surface area contributed by atoms with Crippen LogP contribution in [0.25, 0.3) is 22.0 Å². The van der Waals surface area contributed by atoms with Crippen molar-refractivity contribution >= 4 is 16.7 Å². The van der Waals surface area contributed by atoms with Crippen molar-refractivity contribution in [3.63, 3.8) is 0 Å². The van der Waals surface area contributed by atoms with Gasteiger partial charge in [0.25, 0.3) is 6.04 Å². The molecule has 5 rings (SSSR count). The lowest BCUT2D eigenvalue weighted by Crippen LogP contribution is -2.49. The number of hydrogen-bond donors (Lipinski definition) is 1. The van der Waals surface area contributed by atoms with Crippen LogP contribution in [-0.4, -0.2) is 39.2 Å². The summed E-state index contributed by atoms with van der Waals surface area (Å²) in [7, 11) is 4.67. The maximum atomic E-state index is 12.1. The zero-order valence-electron chi connectivity index (χ0n) is 16.7. The number of ether oxygens (including phenoxy) is 5. The maximum Gasteiger partial charge on any atom is 0.373 e. The molecule has 2 aromatic carbocycles. The standard InChI is InChI=1S/C22H19NO7/c1-26-19-6-12-9-23-15(7-14(12)20(27-2)21(19)28-3)13-8-18-17(29-10-30-18)5-11(13)4-16(23)22(24)25/h5-9,16H,4,10H2,1-3H3/p+1. The molecular weight excluding hydrogens is 390 g/mol. The Hall–Kier alpha value is -3.68. The quantitative estimate of drug-likeness (QED) is 0.662. The van der Waals surface area contributed by atoms with Crippen LogP contribution in [0.5, 0.6) is 28.7 Å². The molecule has 1 aromatic heterocycles. The second-order valence-corrected chi connectivity index (χ2v) is 7.13. The molecule has 0 aliphatic carbocycles. The minimum Gasteiger partial charge on any atom is -0.493 e. The van der Waals surface area contributed by atoms with Crippen molar-refractivity contribution in [1.82, 2.24) is 0 Å². The summed E-state index contributed by atoms with van der Waals surface area (Å²) >= 11 is 0. The van der Waals surface area contributed by atoms with E-state index in [0.29, 0.717) is 35.2 Å². The Balaban J connectivity index is 1.84. The van der Waals surface area contributed by atoms with Crippen LogP contribution in [0, 0.1) is 0 Å². The van der Waals surface area contributed by atoms with E-state index in [4.69, 9.17) is 23.7 Å². The Morgan fingerprint density at radius 3 is 2.43 bits per heavy atom. The number of rotatable bonds is 4. The number of aromatic nitrogens is 1. The number of methoxy groups -OCH3 is 3. The smallest absolute Gasteiger partial charge is 0.373 e. The monoisotopic (exact) mass is 410 g/mol. The molecule has 1 N–H and O–H groups in total. The minimum atomic E-state index is -0.906. The molecular formula is C22H20NO7+. The van der Waals surface area contributed by atoms with E-state index >= 15 is 0 Å². The van der Waals surface area contributed by atoms with Gasteiger partial charge in [0.2, 0.25) is 18.2 Å². The first kappa shape index (κ1) is 18.4. The predicted octanol–water partition coefficient (Wildman–Crippen LogP) is 2.73. The Kier molecular flexibility index (Phi) is 4.09. The van der Waals surface area contributed by atoms with Crippen LogP contribution >= 0.6 is 0 Å². The zero-order valence-corrected chi connectivity index (χ0v) is 16.7. The normalized spacial score (nSPS) is 16.0. The molecule has 0 amide bonds. The summed E-state index contributed by atoms with van der Waals surface area (Å²) in [6, 6.07) is 6.76. The van der Waals surface area contributed by atoms with Crippen LogP contribution in [-0.2, 0) is 11.2 Å². The Morgan fingerprint density at radius 2 is 1.77 bits per heavy atom. The van der Waals surface area contributed by atoms with Gasteiger partial charge in [-0.3, -0.25) is 0 Å². The van der Waals surface area contributed by atoms with E-state index in [1.165, 1.54) is 0 Å². The van der Waals surface area contributed by atoms with Gasteiger partial charge in [0.15, 0.2) is 29.2 Å². The molecule has 0 bridgehead atoms. The van der Waals surface area contributed by atoms with E-state index in [1.54, 1.807) is 25.9 Å². The third kappa shape index (κ3) is 2.53. The number of carboxylic acids is 1. The van der Waals surface area contributed by atoms with Crippen LogP contribution in [0.15, 0.2) is 30.5 Å². The average molecular weight is 410 g/mol. The Bertz CT molecular complexity index is 1200. The molecule has 3 heterocycles. The van der Waals surface area contributed by atoms with Gasteiger partial charge in [-0.2, -0.15) is 4.57 Å². The fourth-order valence-corrected chi connectivity index (χ4v) is 4.26. The van der Waals surface area contributed by atoms with Crippen LogP contribution in [0.4, 0.5) is 0 Å². The highest BCUT2D eigenvalue weighted by Gasteiger charge is 2.39. The highest BCUT2D eigenvalue weighted by Crippen LogP contribution is 2.46. The molecule has 30 heavy (non-hydrogen) atoms. The molecule has 3 aromatic rings. The summed E-state index contributed by atoms with van der Waals surface area (Å²) in [5.74, 6) is 1.89. The SMILES string of the molecule is COc1cc2c[n+]3c(cc2c(OC)c1OC)-c1cc2c(cc1CC3C(=O)O)OCO2. The number of pyridine rings is 1. The van der Waals surface area contributed by atoms with Crippen molar-refractivity contribution in [2.45, 2.75) is 12.5 Å². The second-order valence-electron chi connectivity index (χ2n) is 7.13. The summed E-state index contributed by atoms with van der Waals surface area (Å²) in [6.07, 6.45) is 2.16. The summed E-state index contributed by atoms with van der Waals surface area (Å²) in [6.45, 7) is 0.156. The topological polar surface area (TPSA) is 87.3 Å². The molecule has 0 fully saturated rings. The molecule has 2 aliphatic heterocycles. The molecule has 0 saturated carbocycles. The lowest BCUT2D eigenvalue weighted by Gasteiger charge is -2.22. The van der Waals surface area contributed by atoms with Crippen LogP contribution in [0.1, 0.15) is 11.6 Å². The van der Waals surface area contributed by atoms with E-state index in [0.717, 1.165) is 27.6 Å². The first-order valence-electron chi connectivity index (χ1n) is 9.39. The van der Waals surface area contributed by atoms with Crippen molar-refractivity contribution in [3.05, 3.63) is 36.0 Å². The molecule has 8 nitrogen and oxygen atoms in total. The van der Waals surface area contributed by atoms with Crippen LogP contribution in [0.2, 0.25) is 0 Å². The third-order valence-electron chi connectivity index (χ3n) is 5.65. The van der Waals surface area contributed by atoms with Gasteiger partial charge < -0.3 is 28.8 Å². The van der Waals surface area contributed by atoms with Gasteiger partial charge in [-0.05, 0) is 23.8 Å². The van der Waals surface area contributed by atoms with Crippen LogP contribution in [0.3, 0.4) is 0 Å². The van der Waals surface area contributed by atoms with Crippen molar-refractivity contribution in [1.29, 1.82) is 0 Å². The lowest BCUT2D eigenvalue weighted by molar-refractivity contribution is -0.700. The minimum absolute atomic E-state index is 0.156. The van der Waals surface area contributed by atoms with Gasteiger partial charge in [0.05, 0.1) is 32.3 Å². The van der Waals surface area contributed by atoms with Crippen molar-refractivity contribution in [2.24, 2.45) is 0 Å². The molecule has 0 saturated heterocycles. The number of aliphatic carboxylic acids is 1. The largest absolute Gasteiger partial charge is 0.493 e. The van der Waals surface area contributed by atoms with Gasteiger partial charge >= 0.3 is 5.97 Å². The molecule has 8 heteroatoms. The zero-order chi connectivity index (χ0) is 21.0. The molecule has 2 aliphatic rings. The van der Waals surface area contributed by atoms with Crippen molar-refractivity contribution < 1.29 is 38.2 Å². The molecule has 0 spiro atoms. The summed E-state index contributed by atoms with van der Waals surface area (Å²) in [4.78, 5) is 12.1. The number of benzene rings is 2. The fourth-order valence-electron chi connectivity index (χ4n) is 4.26. The Morgan fingerprint density at radius 1 is 1.03 bits per heavy atom. The number of carbonyl (C=O) groups is 1. The number of carboxylic acid groups (broad SMARTS) is 1. The van der Waals surface area contributed by atoms with Crippen LogP contribution < -0.4 is 28.3 Å². The van der Waals surface area contributed by atoms with E-state index in [1.807, 2.05) is 30.5 Å². The van der Waals surface area contributed by atoms with Gasteiger partial charge in [-0.1, -0.05) is 0 Å². The predicted molar refractivity (Wildman–Crippen MR) is 106 cm³/mol. The van der Waals surface area contributed by atoms with Gasteiger partial charge in [-0.15, -0.1) is 0 Å². The molecule has 0 radical (unpaired) electrons. The number of fused-ring (bicyclic) bond motifs is 5. The Labute approximate surface area is 172 Å².